The van der Waals surface area contributed by atoms with Crippen LogP contribution in [0, 0.1) is 17.8 Å². The Morgan fingerprint density at radius 2 is 1.95 bits per heavy atom. The summed E-state index contributed by atoms with van der Waals surface area (Å²) in [5, 5.41) is 9.59. The van der Waals surface area contributed by atoms with Crippen molar-refractivity contribution in [1.29, 1.82) is 0 Å². The summed E-state index contributed by atoms with van der Waals surface area (Å²) in [6.07, 6.45) is 2.31. The van der Waals surface area contributed by atoms with Crippen LogP contribution >= 0.6 is 0 Å². The Labute approximate surface area is 114 Å². The first kappa shape index (κ1) is 11.7. The highest BCUT2D eigenvalue weighted by molar-refractivity contribution is 5.39. The number of hydrogen-bond donors (Lipinski definition) is 1. The van der Waals surface area contributed by atoms with E-state index in [0.717, 1.165) is 19.6 Å². The molecular weight excluding hydrogens is 236 g/mol. The highest BCUT2D eigenvalue weighted by Crippen LogP contribution is 2.59. The van der Waals surface area contributed by atoms with Crippen molar-refractivity contribution in [2.24, 2.45) is 17.8 Å². The lowest BCUT2D eigenvalue weighted by Gasteiger charge is -2.22. The largest absolute Gasteiger partial charge is 0.392 e. The fourth-order valence-electron chi connectivity index (χ4n) is 4.67. The molecule has 1 saturated heterocycles. The summed E-state index contributed by atoms with van der Waals surface area (Å²) in [4.78, 5) is 0. The van der Waals surface area contributed by atoms with Gasteiger partial charge in [0.2, 0.25) is 0 Å². The molecule has 100 valence electrons. The van der Waals surface area contributed by atoms with Gasteiger partial charge < -0.3 is 9.84 Å². The lowest BCUT2D eigenvalue weighted by molar-refractivity contribution is 0.169. The number of hydrogen-bond acceptors (Lipinski definition) is 2. The summed E-state index contributed by atoms with van der Waals surface area (Å²) in [5.41, 5.74) is 4.32. The Hall–Kier alpha value is -1.12. The SMILES string of the molecule is OCC1=C2[C@H]3COC[C@H]3[C@H](c3ccccc3)[C@@H]2CC1. The molecule has 2 nitrogen and oxygen atoms in total. The van der Waals surface area contributed by atoms with Crippen molar-refractivity contribution < 1.29 is 9.84 Å². The molecule has 2 fully saturated rings. The van der Waals surface area contributed by atoms with Crippen LogP contribution in [-0.4, -0.2) is 24.9 Å². The van der Waals surface area contributed by atoms with E-state index in [2.05, 4.69) is 30.3 Å². The summed E-state index contributed by atoms with van der Waals surface area (Å²) in [6.45, 7) is 2.00. The van der Waals surface area contributed by atoms with E-state index in [1.165, 1.54) is 17.6 Å². The molecule has 0 bridgehead atoms. The molecule has 3 aliphatic rings. The molecule has 0 amide bonds. The fraction of sp³-hybridized carbons (Fsp3) is 0.529. The van der Waals surface area contributed by atoms with Crippen LogP contribution < -0.4 is 0 Å². The Bertz CT molecular complexity index is 505. The van der Waals surface area contributed by atoms with Gasteiger partial charge in [-0.25, -0.2) is 0 Å². The van der Waals surface area contributed by atoms with E-state index in [4.69, 9.17) is 4.74 Å². The highest BCUT2D eigenvalue weighted by atomic mass is 16.5. The number of ether oxygens (including phenoxy) is 1. The monoisotopic (exact) mass is 256 g/mol. The van der Waals surface area contributed by atoms with E-state index in [1.807, 2.05) is 0 Å². The maximum absolute atomic E-state index is 9.59. The molecule has 4 atom stereocenters. The summed E-state index contributed by atoms with van der Waals surface area (Å²) in [7, 11) is 0. The van der Waals surface area contributed by atoms with Crippen LogP contribution in [0.25, 0.3) is 0 Å². The first-order valence-corrected chi connectivity index (χ1v) is 7.35. The molecule has 0 unspecified atom stereocenters. The van der Waals surface area contributed by atoms with Crippen LogP contribution in [0.2, 0.25) is 0 Å². The zero-order chi connectivity index (χ0) is 12.8. The minimum atomic E-state index is 0.247. The summed E-state index contributed by atoms with van der Waals surface area (Å²) >= 11 is 0. The summed E-state index contributed by atoms with van der Waals surface area (Å²) in [5.74, 6) is 2.46. The van der Waals surface area contributed by atoms with Gasteiger partial charge in [-0.2, -0.15) is 0 Å². The zero-order valence-corrected chi connectivity index (χ0v) is 11.1. The van der Waals surface area contributed by atoms with Crippen molar-refractivity contribution in [3.05, 3.63) is 47.0 Å². The normalized spacial score (nSPS) is 36.7. The Kier molecular flexibility index (Phi) is 2.75. The van der Waals surface area contributed by atoms with E-state index in [1.54, 1.807) is 5.57 Å². The third-order valence-electron chi connectivity index (χ3n) is 5.36. The molecule has 1 heterocycles. The highest BCUT2D eigenvalue weighted by Gasteiger charge is 2.52. The topological polar surface area (TPSA) is 29.5 Å². The first-order valence-electron chi connectivity index (χ1n) is 7.35. The molecule has 1 aliphatic heterocycles. The van der Waals surface area contributed by atoms with Gasteiger partial charge in [-0.05, 0) is 41.7 Å². The number of benzene rings is 1. The second kappa shape index (κ2) is 4.46. The number of aliphatic hydroxyl groups excluding tert-OH is 1. The predicted molar refractivity (Wildman–Crippen MR) is 73.8 cm³/mol. The average molecular weight is 256 g/mol. The van der Waals surface area contributed by atoms with Gasteiger partial charge in [-0.15, -0.1) is 0 Å². The van der Waals surface area contributed by atoms with E-state index < -0.39 is 0 Å². The average Bonchev–Trinajstić information content (AvgIpc) is 3.10. The molecular formula is C17H20O2. The van der Waals surface area contributed by atoms with Gasteiger partial charge in [0.05, 0.1) is 19.8 Å². The Morgan fingerprint density at radius 1 is 1.11 bits per heavy atom. The zero-order valence-electron chi connectivity index (χ0n) is 11.1. The Balaban J connectivity index is 1.79. The molecule has 4 rings (SSSR count). The molecule has 1 saturated carbocycles. The van der Waals surface area contributed by atoms with Gasteiger partial charge in [0.15, 0.2) is 0 Å². The lowest BCUT2D eigenvalue weighted by Crippen LogP contribution is -2.15. The van der Waals surface area contributed by atoms with Gasteiger partial charge in [-0.1, -0.05) is 35.9 Å². The number of rotatable bonds is 2. The Morgan fingerprint density at radius 3 is 2.74 bits per heavy atom. The maximum atomic E-state index is 9.59. The smallest absolute Gasteiger partial charge is 0.0644 e. The molecule has 2 heteroatoms. The molecule has 1 aromatic carbocycles. The van der Waals surface area contributed by atoms with Crippen molar-refractivity contribution in [2.45, 2.75) is 18.8 Å². The van der Waals surface area contributed by atoms with Crippen molar-refractivity contribution >= 4 is 0 Å². The maximum Gasteiger partial charge on any atom is 0.0644 e. The second-order valence-corrected chi connectivity index (χ2v) is 6.11. The van der Waals surface area contributed by atoms with E-state index in [0.29, 0.717) is 23.7 Å². The third-order valence-corrected chi connectivity index (χ3v) is 5.36. The van der Waals surface area contributed by atoms with Crippen LogP contribution in [0.5, 0.6) is 0 Å². The minimum absolute atomic E-state index is 0.247. The molecule has 0 aromatic heterocycles. The van der Waals surface area contributed by atoms with Crippen molar-refractivity contribution in [3.8, 4) is 0 Å². The van der Waals surface area contributed by atoms with E-state index in [9.17, 15) is 5.11 Å². The standard InChI is InChI=1S/C17H20O2/c18-8-12-6-7-13-16(11-4-2-1-3-5-11)14-9-19-10-15(14)17(12)13/h1-5,13-16,18H,6-10H2/t13-,14+,15-,16+/m0/s1. The molecule has 19 heavy (non-hydrogen) atoms. The van der Waals surface area contributed by atoms with E-state index in [-0.39, 0.29) is 6.61 Å². The number of aliphatic hydroxyl groups is 1. The molecule has 1 aromatic rings. The molecule has 1 N–H and O–H groups in total. The van der Waals surface area contributed by atoms with Gasteiger partial charge in [-0.3, -0.25) is 0 Å². The second-order valence-electron chi connectivity index (χ2n) is 6.11. The van der Waals surface area contributed by atoms with Crippen LogP contribution in [0.1, 0.15) is 24.3 Å². The van der Waals surface area contributed by atoms with E-state index >= 15 is 0 Å². The van der Waals surface area contributed by atoms with Crippen molar-refractivity contribution in [3.63, 3.8) is 0 Å². The van der Waals surface area contributed by atoms with Gasteiger partial charge in [0, 0.05) is 5.92 Å². The minimum Gasteiger partial charge on any atom is -0.392 e. The van der Waals surface area contributed by atoms with Crippen LogP contribution in [0.3, 0.4) is 0 Å². The van der Waals surface area contributed by atoms with Crippen LogP contribution in [-0.2, 0) is 4.74 Å². The first-order chi connectivity index (χ1) is 9.40. The molecule has 2 aliphatic carbocycles. The van der Waals surface area contributed by atoms with Crippen molar-refractivity contribution in [2.75, 3.05) is 19.8 Å². The summed E-state index contributed by atoms with van der Waals surface area (Å²) < 4.78 is 5.75. The van der Waals surface area contributed by atoms with Gasteiger partial charge in [0.1, 0.15) is 0 Å². The van der Waals surface area contributed by atoms with Gasteiger partial charge in [0.25, 0.3) is 0 Å². The summed E-state index contributed by atoms with van der Waals surface area (Å²) in [6, 6.07) is 10.9. The lowest BCUT2D eigenvalue weighted by atomic mass is 9.81. The molecule has 0 spiro atoms. The fourth-order valence-corrected chi connectivity index (χ4v) is 4.67. The van der Waals surface area contributed by atoms with Crippen LogP contribution in [0.4, 0.5) is 0 Å². The van der Waals surface area contributed by atoms with Crippen LogP contribution in [0.15, 0.2) is 41.5 Å². The molecule has 0 radical (unpaired) electrons. The van der Waals surface area contributed by atoms with Gasteiger partial charge >= 0.3 is 0 Å². The van der Waals surface area contributed by atoms with Crippen molar-refractivity contribution in [1.82, 2.24) is 0 Å². The third kappa shape index (κ3) is 1.63. The number of fused-ring (bicyclic) bond motifs is 3. The predicted octanol–water partition coefficient (Wildman–Crippen LogP) is 2.75. The quantitative estimate of drug-likeness (QED) is 0.824.